The van der Waals surface area contributed by atoms with Crippen LogP contribution in [0.25, 0.3) is 0 Å². The molecule has 0 atom stereocenters. The van der Waals surface area contributed by atoms with E-state index in [4.69, 9.17) is 0 Å². The van der Waals surface area contributed by atoms with Crippen LogP contribution in [-0.2, 0) is 13.6 Å². The van der Waals surface area contributed by atoms with Crippen molar-refractivity contribution in [2.24, 2.45) is 7.05 Å². The summed E-state index contributed by atoms with van der Waals surface area (Å²) in [5.74, 6) is -0.102. The van der Waals surface area contributed by atoms with Crippen LogP contribution in [0.2, 0.25) is 0 Å². The lowest BCUT2D eigenvalue weighted by atomic mass is 10.4. The van der Waals surface area contributed by atoms with Crippen LogP contribution in [0.15, 0.2) is 6.20 Å². The first-order valence-electron chi connectivity index (χ1n) is 4.89. The van der Waals surface area contributed by atoms with E-state index in [9.17, 15) is 10.1 Å². The van der Waals surface area contributed by atoms with Gasteiger partial charge >= 0.3 is 5.95 Å². The Morgan fingerprint density at radius 2 is 2.33 bits per heavy atom. The van der Waals surface area contributed by atoms with Gasteiger partial charge in [-0.1, -0.05) is 11.9 Å². The molecule has 1 rings (SSSR count). The molecule has 0 aliphatic rings. The molecule has 1 aromatic heterocycles. The Bertz CT molecular complexity index is 348. The zero-order valence-corrected chi connectivity index (χ0v) is 9.30. The first-order valence-corrected chi connectivity index (χ1v) is 4.89. The quantitative estimate of drug-likeness (QED) is 0.543. The van der Waals surface area contributed by atoms with Gasteiger partial charge in [-0.15, -0.1) is 0 Å². The normalized spacial score (nSPS) is 10.9. The van der Waals surface area contributed by atoms with E-state index < -0.39 is 4.92 Å². The fraction of sp³-hybridized carbons (Fsp3) is 0.667. The van der Waals surface area contributed by atoms with Gasteiger partial charge in [0.05, 0.1) is 13.6 Å². The van der Waals surface area contributed by atoms with Gasteiger partial charge in [-0.05, 0) is 24.9 Å². The van der Waals surface area contributed by atoms with Crippen LogP contribution in [0.5, 0.6) is 0 Å². The molecule has 0 amide bonds. The minimum atomic E-state index is -0.469. The summed E-state index contributed by atoms with van der Waals surface area (Å²) in [5, 5.41) is 10.6. The van der Waals surface area contributed by atoms with Gasteiger partial charge < -0.3 is 10.1 Å². The van der Waals surface area contributed by atoms with Gasteiger partial charge in [0.15, 0.2) is 0 Å². The molecule has 0 N–H and O–H groups in total. The maximum Gasteiger partial charge on any atom is 0.434 e. The molecule has 6 nitrogen and oxygen atoms in total. The lowest BCUT2D eigenvalue weighted by Gasteiger charge is -2.13. The van der Waals surface area contributed by atoms with Crippen LogP contribution in [-0.4, -0.2) is 33.0 Å². The molecule has 0 saturated carbocycles. The minimum Gasteiger partial charge on any atom is -0.390 e. The maximum atomic E-state index is 10.6. The van der Waals surface area contributed by atoms with Gasteiger partial charge in [-0.3, -0.25) is 4.90 Å². The molecule has 1 aromatic rings. The van der Waals surface area contributed by atoms with Crippen molar-refractivity contribution in [2.45, 2.75) is 19.9 Å². The summed E-state index contributed by atoms with van der Waals surface area (Å²) in [6, 6.07) is 0. The first-order chi connectivity index (χ1) is 7.06. The molecule has 0 saturated heterocycles. The molecule has 0 unspecified atom stereocenters. The molecule has 0 aromatic carbocycles. The average Bonchev–Trinajstić information content (AvgIpc) is 2.48. The van der Waals surface area contributed by atoms with E-state index in [0.29, 0.717) is 6.54 Å². The third-order valence-corrected chi connectivity index (χ3v) is 2.26. The van der Waals surface area contributed by atoms with Gasteiger partial charge in [-0.2, -0.15) is 0 Å². The zero-order chi connectivity index (χ0) is 11.4. The van der Waals surface area contributed by atoms with Gasteiger partial charge in [-0.25, -0.2) is 4.57 Å². The highest BCUT2D eigenvalue weighted by Crippen LogP contribution is 2.11. The average molecular weight is 212 g/mol. The molecule has 0 aliphatic heterocycles. The zero-order valence-electron chi connectivity index (χ0n) is 9.30. The molecule has 0 fully saturated rings. The van der Waals surface area contributed by atoms with Crippen molar-refractivity contribution in [1.29, 1.82) is 0 Å². The molecule has 15 heavy (non-hydrogen) atoms. The van der Waals surface area contributed by atoms with Gasteiger partial charge in [0, 0.05) is 0 Å². The van der Waals surface area contributed by atoms with Crippen LogP contribution < -0.4 is 0 Å². The number of hydrogen-bond donors (Lipinski definition) is 0. The lowest BCUT2D eigenvalue weighted by molar-refractivity contribution is -0.396. The van der Waals surface area contributed by atoms with Crippen molar-refractivity contribution < 1.29 is 4.92 Å². The molecular formula is C9H16N4O2. The van der Waals surface area contributed by atoms with Gasteiger partial charge in [0.25, 0.3) is 0 Å². The molecule has 6 heteroatoms. The molecule has 84 valence electrons. The highest BCUT2D eigenvalue weighted by atomic mass is 16.6. The van der Waals surface area contributed by atoms with Crippen molar-refractivity contribution in [2.75, 3.05) is 13.6 Å². The predicted octanol–water partition coefficient (Wildman–Crippen LogP) is 1.17. The largest absolute Gasteiger partial charge is 0.434 e. The minimum absolute atomic E-state index is 0.102. The summed E-state index contributed by atoms with van der Waals surface area (Å²) in [5.41, 5.74) is 0.859. The van der Waals surface area contributed by atoms with Gasteiger partial charge in [0.1, 0.15) is 11.9 Å². The second-order valence-corrected chi connectivity index (χ2v) is 3.60. The highest BCUT2D eigenvalue weighted by molar-refractivity contribution is 5.14. The number of aromatic nitrogens is 2. The Morgan fingerprint density at radius 1 is 1.67 bits per heavy atom. The molecule has 0 radical (unpaired) electrons. The molecular weight excluding hydrogens is 196 g/mol. The Balaban J connectivity index is 2.74. The van der Waals surface area contributed by atoms with Crippen LogP contribution in [0.4, 0.5) is 5.95 Å². The van der Waals surface area contributed by atoms with Crippen LogP contribution in [0.3, 0.4) is 0 Å². The Morgan fingerprint density at radius 3 is 2.80 bits per heavy atom. The van der Waals surface area contributed by atoms with E-state index in [-0.39, 0.29) is 5.95 Å². The second-order valence-electron chi connectivity index (χ2n) is 3.60. The first kappa shape index (κ1) is 11.6. The monoisotopic (exact) mass is 212 g/mol. The summed E-state index contributed by atoms with van der Waals surface area (Å²) in [4.78, 5) is 16.0. The summed E-state index contributed by atoms with van der Waals surface area (Å²) >= 11 is 0. The van der Waals surface area contributed by atoms with Crippen molar-refractivity contribution in [3.8, 4) is 0 Å². The van der Waals surface area contributed by atoms with E-state index in [1.165, 1.54) is 4.57 Å². The smallest absolute Gasteiger partial charge is 0.390 e. The standard InChI is InChI=1S/C9H16N4O2/c1-4-5-11(2)7-8-6-10-9(12(8)3)13(14)15/h6H,4-5,7H2,1-3H3. The van der Waals surface area contributed by atoms with E-state index in [0.717, 1.165) is 18.7 Å². The Kier molecular flexibility index (Phi) is 3.79. The van der Waals surface area contributed by atoms with Crippen LogP contribution in [0, 0.1) is 10.1 Å². The van der Waals surface area contributed by atoms with Crippen LogP contribution >= 0.6 is 0 Å². The number of imidazole rings is 1. The van der Waals surface area contributed by atoms with E-state index in [1.54, 1.807) is 13.2 Å². The molecule has 0 aliphatic carbocycles. The van der Waals surface area contributed by atoms with Crippen molar-refractivity contribution in [1.82, 2.24) is 14.5 Å². The third-order valence-electron chi connectivity index (χ3n) is 2.26. The summed E-state index contributed by atoms with van der Waals surface area (Å²) in [7, 11) is 3.66. The van der Waals surface area contributed by atoms with Crippen molar-refractivity contribution >= 4 is 5.95 Å². The van der Waals surface area contributed by atoms with E-state index in [2.05, 4.69) is 16.8 Å². The Labute approximate surface area is 88.7 Å². The summed E-state index contributed by atoms with van der Waals surface area (Å²) in [6.07, 6.45) is 2.63. The van der Waals surface area contributed by atoms with E-state index in [1.807, 2.05) is 7.05 Å². The van der Waals surface area contributed by atoms with Gasteiger partial charge in [0.2, 0.25) is 0 Å². The molecule has 0 bridgehead atoms. The predicted molar refractivity (Wildman–Crippen MR) is 56.5 cm³/mol. The van der Waals surface area contributed by atoms with Crippen molar-refractivity contribution in [3.05, 3.63) is 22.0 Å². The van der Waals surface area contributed by atoms with Crippen molar-refractivity contribution in [3.63, 3.8) is 0 Å². The fourth-order valence-corrected chi connectivity index (χ4v) is 1.49. The summed E-state index contributed by atoms with van der Waals surface area (Å²) in [6.45, 7) is 3.76. The number of rotatable bonds is 5. The molecule has 1 heterocycles. The number of nitro groups is 1. The second kappa shape index (κ2) is 4.88. The number of hydrogen-bond acceptors (Lipinski definition) is 4. The fourth-order valence-electron chi connectivity index (χ4n) is 1.49. The molecule has 0 spiro atoms. The Hall–Kier alpha value is -1.43. The topological polar surface area (TPSA) is 64.2 Å². The highest BCUT2D eigenvalue weighted by Gasteiger charge is 2.17. The van der Waals surface area contributed by atoms with E-state index >= 15 is 0 Å². The SMILES string of the molecule is CCCN(C)Cc1cnc([N+](=O)[O-])n1C. The third kappa shape index (κ3) is 2.76. The number of nitrogens with zero attached hydrogens (tertiary/aromatic N) is 4. The maximum absolute atomic E-state index is 10.6. The van der Waals surface area contributed by atoms with Crippen LogP contribution in [0.1, 0.15) is 19.0 Å². The lowest BCUT2D eigenvalue weighted by Crippen LogP contribution is -2.20. The summed E-state index contributed by atoms with van der Waals surface area (Å²) < 4.78 is 1.52.